The summed E-state index contributed by atoms with van der Waals surface area (Å²) >= 11 is 7.55. The van der Waals surface area contributed by atoms with Crippen LogP contribution in [0.15, 0.2) is 70.6 Å². The molecule has 0 bridgehead atoms. The number of halogens is 1. The van der Waals surface area contributed by atoms with Gasteiger partial charge in [0.25, 0.3) is 5.91 Å². The lowest BCUT2D eigenvalue weighted by Gasteiger charge is -2.18. The van der Waals surface area contributed by atoms with Gasteiger partial charge in [-0.15, -0.1) is 17.9 Å². The number of carbonyl (C=O) groups is 1. The van der Waals surface area contributed by atoms with Crippen molar-refractivity contribution in [3.05, 3.63) is 75.9 Å². The Morgan fingerprint density at radius 2 is 2.21 bits per heavy atom. The van der Waals surface area contributed by atoms with Gasteiger partial charge < -0.3 is 10.1 Å². The van der Waals surface area contributed by atoms with Gasteiger partial charge in [-0.05, 0) is 35.9 Å². The SMILES string of the molecule is C=CCN=c1scc(-c2ccc3c(c2)NC(=O)CO3)n1N=Cc1cccc(Cl)c1. The second-order valence-electron chi connectivity index (χ2n) is 6.19. The zero-order valence-electron chi connectivity index (χ0n) is 15.3. The quantitative estimate of drug-likeness (QED) is 0.493. The Labute approximate surface area is 176 Å². The average Bonchev–Trinajstić information content (AvgIpc) is 3.13. The number of amides is 1. The third kappa shape index (κ3) is 4.31. The van der Waals surface area contributed by atoms with Crippen LogP contribution in [0.1, 0.15) is 5.56 Å². The first-order valence-corrected chi connectivity index (χ1v) is 10.1. The largest absolute Gasteiger partial charge is 0.482 e. The molecule has 0 fully saturated rings. The molecule has 1 amide bonds. The predicted molar refractivity (Wildman–Crippen MR) is 117 cm³/mol. The molecule has 2 heterocycles. The molecule has 1 aromatic heterocycles. The van der Waals surface area contributed by atoms with Gasteiger partial charge in [0.15, 0.2) is 6.61 Å². The number of hydrogen-bond donors (Lipinski definition) is 1. The lowest BCUT2D eigenvalue weighted by atomic mass is 10.1. The van der Waals surface area contributed by atoms with Crippen molar-refractivity contribution < 1.29 is 9.53 Å². The number of thiazole rings is 1. The summed E-state index contributed by atoms with van der Waals surface area (Å²) in [5, 5.41) is 10.1. The average molecular weight is 425 g/mol. The van der Waals surface area contributed by atoms with Gasteiger partial charge in [-0.3, -0.25) is 9.79 Å². The minimum Gasteiger partial charge on any atom is -0.482 e. The Kier molecular flexibility index (Phi) is 5.59. The maximum atomic E-state index is 11.7. The van der Waals surface area contributed by atoms with Gasteiger partial charge in [0.1, 0.15) is 5.75 Å². The number of benzene rings is 2. The highest BCUT2D eigenvalue weighted by atomic mass is 35.5. The number of hydrogen-bond acceptors (Lipinski definition) is 5. The van der Waals surface area contributed by atoms with Crippen molar-refractivity contribution in [3.8, 4) is 17.0 Å². The van der Waals surface area contributed by atoms with Crippen molar-refractivity contribution in [1.82, 2.24) is 4.68 Å². The standard InChI is InChI=1S/C21H17ClN4O2S/c1-2-8-23-21-26(24-11-14-4-3-5-16(22)9-14)18(13-29-21)15-6-7-19-17(10-15)25-20(27)12-28-19/h2-7,9-11,13H,1,8,12H2,(H,25,27). The molecule has 0 unspecified atom stereocenters. The van der Waals surface area contributed by atoms with Crippen molar-refractivity contribution in [3.63, 3.8) is 0 Å². The van der Waals surface area contributed by atoms with E-state index in [4.69, 9.17) is 16.3 Å². The zero-order valence-corrected chi connectivity index (χ0v) is 16.9. The van der Waals surface area contributed by atoms with Crippen LogP contribution in [-0.4, -0.2) is 29.9 Å². The van der Waals surface area contributed by atoms with Crippen LogP contribution < -0.4 is 14.9 Å². The fourth-order valence-corrected chi connectivity index (χ4v) is 3.86. The molecule has 0 radical (unpaired) electrons. The number of ether oxygens (including phenoxy) is 1. The monoisotopic (exact) mass is 424 g/mol. The molecule has 6 nitrogen and oxygen atoms in total. The third-order valence-corrected chi connectivity index (χ3v) is 5.21. The molecule has 3 aromatic rings. The van der Waals surface area contributed by atoms with E-state index >= 15 is 0 Å². The second kappa shape index (κ2) is 8.46. The Morgan fingerprint density at radius 3 is 3.03 bits per heavy atom. The molecule has 0 saturated heterocycles. The van der Waals surface area contributed by atoms with E-state index in [1.807, 2.05) is 47.8 Å². The van der Waals surface area contributed by atoms with Crippen molar-refractivity contribution >= 4 is 40.7 Å². The van der Waals surface area contributed by atoms with Crippen molar-refractivity contribution in [2.45, 2.75) is 0 Å². The number of aromatic nitrogens is 1. The summed E-state index contributed by atoms with van der Waals surface area (Å²) in [5.74, 6) is 0.475. The van der Waals surface area contributed by atoms with Gasteiger partial charge >= 0.3 is 0 Å². The highest BCUT2D eigenvalue weighted by molar-refractivity contribution is 7.07. The Morgan fingerprint density at radius 1 is 1.31 bits per heavy atom. The molecule has 1 N–H and O–H groups in total. The third-order valence-electron chi connectivity index (χ3n) is 4.12. The topological polar surface area (TPSA) is 68.0 Å². The Hall–Kier alpha value is -3.16. The second-order valence-corrected chi connectivity index (χ2v) is 7.47. The number of fused-ring (bicyclic) bond motifs is 1. The van der Waals surface area contributed by atoms with Crippen LogP contribution >= 0.6 is 22.9 Å². The van der Waals surface area contributed by atoms with Gasteiger partial charge in [0, 0.05) is 16.0 Å². The van der Waals surface area contributed by atoms with Gasteiger partial charge in [-0.1, -0.05) is 29.8 Å². The van der Waals surface area contributed by atoms with Gasteiger partial charge in [-0.2, -0.15) is 5.10 Å². The number of carbonyl (C=O) groups excluding carboxylic acids is 1. The minimum absolute atomic E-state index is 0.0271. The Balaban J connectivity index is 1.78. The molecule has 1 aliphatic rings. The molecule has 8 heteroatoms. The maximum Gasteiger partial charge on any atom is 0.262 e. The highest BCUT2D eigenvalue weighted by Gasteiger charge is 2.17. The van der Waals surface area contributed by atoms with E-state index in [9.17, 15) is 4.79 Å². The number of rotatable bonds is 5. The summed E-state index contributed by atoms with van der Waals surface area (Å²) in [6.45, 7) is 4.24. The molecule has 0 atom stereocenters. The highest BCUT2D eigenvalue weighted by Crippen LogP contribution is 2.32. The first-order chi connectivity index (χ1) is 14.1. The van der Waals surface area contributed by atoms with Crippen LogP contribution in [0, 0.1) is 0 Å². The van der Waals surface area contributed by atoms with E-state index < -0.39 is 0 Å². The first-order valence-electron chi connectivity index (χ1n) is 8.83. The fraction of sp³-hybridized carbons (Fsp3) is 0.0952. The lowest BCUT2D eigenvalue weighted by Crippen LogP contribution is -2.25. The van der Waals surface area contributed by atoms with Gasteiger partial charge in [0.2, 0.25) is 4.80 Å². The molecular weight excluding hydrogens is 408 g/mol. The summed E-state index contributed by atoms with van der Waals surface area (Å²) < 4.78 is 7.21. The van der Waals surface area contributed by atoms with Crippen molar-refractivity contribution in [2.75, 3.05) is 18.5 Å². The molecule has 4 rings (SSSR count). The van der Waals surface area contributed by atoms with Gasteiger partial charge in [-0.25, -0.2) is 4.68 Å². The minimum atomic E-state index is -0.173. The lowest BCUT2D eigenvalue weighted by molar-refractivity contribution is -0.118. The van der Waals surface area contributed by atoms with E-state index in [2.05, 4.69) is 22.0 Å². The van der Waals surface area contributed by atoms with Crippen molar-refractivity contribution in [1.29, 1.82) is 0 Å². The summed E-state index contributed by atoms with van der Waals surface area (Å²) in [5.41, 5.74) is 3.25. The number of anilines is 1. The predicted octanol–water partition coefficient (Wildman–Crippen LogP) is 4.17. The van der Waals surface area contributed by atoms with E-state index in [1.165, 1.54) is 11.3 Å². The van der Waals surface area contributed by atoms with Crippen LogP contribution in [0.4, 0.5) is 5.69 Å². The molecule has 29 heavy (non-hydrogen) atoms. The van der Waals surface area contributed by atoms with E-state index in [0.29, 0.717) is 23.0 Å². The smallest absolute Gasteiger partial charge is 0.262 e. The van der Waals surface area contributed by atoms with E-state index in [0.717, 1.165) is 21.6 Å². The number of nitrogens with zero attached hydrogens (tertiary/aromatic N) is 3. The molecule has 0 spiro atoms. The van der Waals surface area contributed by atoms with Crippen LogP contribution in [0.3, 0.4) is 0 Å². The Bertz CT molecular complexity index is 1180. The summed E-state index contributed by atoms with van der Waals surface area (Å²) in [6.07, 6.45) is 3.47. The fourth-order valence-electron chi connectivity index (χ4n) is 2.81. The first kappa shape index (κ1) is 19.2. The molecule has 146 valence electrons. The van der Waals surface area contributed by atoms with E-state index in [1.54, 1.807) is 17.0 Å². The normalized spacial score (nSPS) is 13.8. The number of nitrogens with one attached hydrogen (secondary N) is 1. The molecule has 0 aliphatic carbocycles. The summed E-state index contributed by atoms with van der Waals surface area (Å²) in [6, 6.07) is 13.1. The molecule has 2 aromatic carbocycles. The molecule has 1 aliphatic heterocycles. The van der Waals surface area contributed by atoms with Crippen LogP contribution in [0.25, 0.3) is 11.3 Å². The van der Waals surface area contributed by atoms with Crippen molar-refractivity contribution in [2.24, 2.45) is 10.1 Å². The molecule has 0 saturated carbocycles. The summed E-state index contributed by atoms with van der Waals surface area (Å²) in [7, 11) is 0. The molecular formula is C21H17ClN4O2S. The van der Waals surface area contributed by atoms with Crippen LogP contribution in [-0.2, 0) is 4.79 Å². The van der Waals surface area contributed by atoms with E-state index in [-0.39, 0.29) is 12.5 Å². The zero-order chi connectivity index (χ0) is 20.2. The van der Waals surface area contributed by atoms with Gasteiger partial charge in [0.05, 0.1) is 24.1 Å². The summed E-state index contributed by atoms with van der Waals surface area (Å²) in [4.78, 5) is 16.9. The maximum absolute atomic E-state index is 11.7. The van der Waals surface area contributed by atoms with Crippen LogP contribution in [0.2, 0.25) is 5.02 Å². The van der Waals surface area contributed by atoms with Crippen LogP contribution in [0.5, 0.6) is 5.75 Å².